The maximum atomic E-state index is 5.33. The average Bonchev–Trinajstić information content (AvgIpc) is 3.66. The molecule has 1 aromatic heterocycles. The number of nitrogens with one attached hydrogen (secondary N) is 1. The molecule has 1 unspecified atom stereocenters. The Morgan fingerprint density at radius 2 is 1.20 bits per heavy atom. The third-order valence-corrected chi connectivity index (χ3v) is 11.6. The van der Waals surface area contributed by atoms with E-state index in [-0.39, 0.29) is 11.6 Å². The van der Waals surface area contributed by atoms with Gasteiger partial charge < -0.3 is 5.32 Å². The average molecular weight is 660 g/mol. The zero-order valence-electron chi connectivity index (χ0n) is 27.8. The first kappa shape index (κ1) is 29.1. The summed E-state index contributed by atoms with van der Waals surface area (Å²) in [6, 6.07) is 54.7. The molecule has 10 rings (SSSR count). The van der Waals surface area contributed by atoms with E-state index in [9.17, 15) is 0 Å². The Balaban J connectivity index is 1.14. The fourth-order valence-electron chi connectivity index (χ4n) is 8.08. The summed E-state index contributed by atoms with van der Waals surface area (Å²) in [5.41, 5.74) is 10.8. The molecule has 238 valence electrons. The number of benzene rings is 7. The Labute approximate surface area is 295 Å². The monoisotopic (exact) mass is 659 g/mol. The van der Waals surface area contributed by atoms with Crippen molar-refractivity contribution in [1.29, 1.82) is 0 Å². The zero-order chi connectivity index (χ0) is 33.4. The zero-order valence-corrected chi connectivity index (χ0v) is 28.6. The molecule has 0 radical (unpaired) electrons. The third-order valence-electron chi connectivity index (χ3n) is 10.5. The van der Waals surface area contributed by atoms with E-state index < -0.39 is 0 Å². The minimum absolute atomic E-state index is 0.221. The Morgan fingerprint density at radius 1 is 0.540 bits per heavy atom. The predicted molar refractivity (Wildman–Crippen MR) is 212 cm³/mol. The standard InChI is InChI=1S/C46H33N3S/c1-46(2)38-27-32(21-23-35(38)41-36(28-13-5-3-6-14-28)25-30-17-9-10-18-33(30)42(41)46)45-48-43(29-15-7-4-8-16-29)47-44(49-45)31-22-24-40-37(26-31)34-19-11-12-20-39(34)50-40/h3-27,44H,1-2H3,(H,47,48,49). The molecule has 8 aromatic rings. The number of aliphatic imine (C=N–C) groups is 2. The van der Waals surface area contributed by atoms with Crippen LogP contribution < -0.4 is 5.32 Å². The lowest BCUT2D eigenvalue weighted by Crippen LogP contribution is -2.36. The van der Waals surface area contributed by atoms with Crippen LogP contribution in [0, 0.1) is 0 Å². The smallest absolute Gasteiger partial charge is 0.169 e. The summed E-state index contributed by atoms with van der Waals surface area (Å²) in [5.74, 6) is 1.66. The second kappa shape index (κ2) is 11.1. The highest BCUT2D eigenvalue weighted by Gasteiger charge is 2.39. The van der Waals surface area contributed by atoms with Gasteiger partial charge in [0, 0.05) is 36.7 Å². The highest BCUT2D eigenvalue weighted by molar-refractivity contribution is 7.25. The molecule has 2 heterocycles. The SMILES string of the molecule is CC1(C)c2cc(C3=NC(c4ccc5sc6ccccc6c5c4)N=C(c4ccccc4)N3)ccc2-c2c(-c3ccccc3)cc3ccccc3c21. The molecule has 1 aliphatic carbocycles. The van der Waals surface area contributed by atoms with E-state index in [0.717, 1.165) is 28.4 Å². The van der Waals surface area contributed by atoms with Crippen molar-refractivity contribution in [2.24, 2.45) is 9.98 Å². The van der Waals surface area contributed by atoms with Crippen molar-refractivity contribution in [3.63, 3.8) is 0 Å². The van der Waals surface area contributed by atoms with Crippen molar-refractivity contribution in [3.05, 3.63) is 179 Å². The van der Waals surface area contributed by atoms with Gasteiger partial charge in [0.25, 0.3) is 0 Å². The van der Waals surface area contributed by atoms with Gasteiger partial charge in [-0.2, -0.15) is 0 Å². The Kier molecular flexibility index (Phi) is 6.46. The summed E-state index contributed by atoms with van der Waals surface area (Å²) >= 11 is 1.83. The normalized spacial score (nSPS) is 16.2. The second-order valence-corrected chi connectivity index (χ2v) is 14.9. The lowest BCUT2D eigenvalue weighted by atomic mass is 9.79. The van der Waals surface area contributed by atoms with Crippen molar-refractivity contribution in [3.8, 4) is 22.3 Å². The molecule has 4 heteroatoms. The first-order valence-corrected chi connectivity index (χ1v) is 18.0. The van der Waals surface area contributed by atoms with Gasteiger partial charge >= 0.3 is 0 Å². The summed E-state index contributed by atoms with van der Waals surface area (Å²) in [7, 11) is 0. The van der Waals surface area contributed by atoms with Crippen LogP contribution in [0.4, 0.5) is 0 Å². The van der Waals surface area contributed by atoms with Crippen LogP contribution in [0.15, 0.2) is 162 Å². The van der Waals surface area contributed by atoms with Crippen LogP contribution in [0.3, 0.4) is 0 Å². The number of fused-ring (bicyclic) bond motifs is 8. The van der Waals surface area contributed by atoms with Gasteiger partial charge in [-0.1, -0.05) is 135 Å². The highest BCUT2D eigenvalue weighted by Crippen LogP contribution is 2.55. The van der Waals surface area contributed by atoms with E-state index in [1.165, 1.54) is 64.3 Å². The van der Waals surface area contributed by atoms with Gasteiger partial charge in [0.05, 0.1) is 0 Å². The van der Waals surface area contributed by atoms with Gasteiger partial charge in [-0.15, -0.1) is 11.3 Å². The molecule has 2 aliphatic rings. The first-order chi connectivity index (χ1) is 24.5. The predicted octanol–water partition coefficient (Wildman–Crippen LogP) is 11.7. The lowest BCUT2D eigenvalue weighted by molar-refractivity contribution is 0.666. The van der Waals surface area contributed by atoms with Crippen molar-refractivity contribution >= 4 is 54.0 Å². The van der Waals surface area contributed by atoms with Crippen molar-refractivity contribution in [2.75, 3.05) is 0 Å². The molecule has 1 aliphatic heterocycles. The molecule has 0 spiro atoms. The van der Waals surface area contributed by atoms with E-state index in [1.807, 2.05) is 17.4 Å². The molecule has 7 aromatic carbocycles. The van der Waals surface area contributed by atoms with E-state index in [4.69, 9.17) is 9.98 Å². The van der Waals surface area contributed by atoms with E-state index >= 15 is 0 Å². The molecule has 0 bridgehead atoms. The van der Waals surface area contributed by atoms with Crippen LogP contribution in [-0.4, -0.2) is 11.7 Å². The van der Waals surface area contributed by atoms with E-state index in [0.29, 0.717) is 0 Å². The Bertz CT molecular complexity index is 2700. The molecular formula is C46H33N3S. The lowest BCUT2D eigenvalue weighted by Gasteiger charge is -2.25. The van der Waals surface area contributed by atoms with Gasteiger partial charge in [0.15, 0.2) is 6.17 Å². The topological polar surface area (TPSA) is 36.8 Å². The third kappa shape index (κ3) is 4.49. The van der Waals surface area contributed by atoms with Gasteiger partial charge in [-0.05, 0) is 80.0 Å². The minimum Gasteiger partial charge on any atom is -0.324 e. The van der Waals surface area contributed by atoms with Crippen molar-refractivity contribution in [2.45, 2.75) is 25.4 Å². The number of amidine groups is 2. The van der Waals surface area contributed by atoms with Crippen LogP contribution >= 0.6 is 11.3 Å². The number of thiophene rings is 1. The molecule has 0 amide bonds. The van der Waals surface area contributed by atoms with E-state index in [2.05, 4.69) is 165 Å². The number of rotatable bonds is 4. The Morgan fingerprint density at radius 3 is 2.00 bits per heavy atom. The maximum Gasteiger partial charge on any atom is 0.169 e. The summed E-state index contributed by atoms with van der Waals surface area (Å²) in [4.78, 5) is 10.5. The van der Waals surface area contributed by atoms with Gasteiger partial charge in [0.2, 0.25) is 0 Å². The fraction of sp³-hybridized carbons (Fsp3) is 0.0870. The van der Waals surface area contributed by atoms with Crippen LogP contribution in [0.1, 0.15) is 47.8 Å². The number of nitrogens with zero attached hydrogens (tertiary/aromatic N) is 2. The first-order valence-electron chi connectivity index (χ1n) is 17.2. The van der Waals surface area contributed by atoms with E-state index in [1.54, 1.807) is 0 Å². The summed E-state index contributed by atoms with van der Waals surface area (Å²) in [6.45, 7) is 4.75. The number of hydrogen-bond donors (Lipinski definition) is 1. The van der Waals surface area contributed by atoms with Crippen LogP contribution in [0.5, 0.6) is 0 Å². The second-order valence-electron chi connectivity index (χ2n) is 13.8. The van der Waals surface area contributed by atoms with Crippen LogP contribution in [0.2, 0.25) is 0 Å². The quantitative estimate of drug-likeness (QED) is 0.201. The molecule has 0 fully saturated rings. The largest absolute Gasteiger partial charge is 0.324 e. The van der Waals surface area contributed by atoms with Crippen LogP contribution in [-0.2, 0) is 5.41 Å². The van der Waals surface area contributed by atoms with Gasteiger partial charge in [-0.25, -0.2) is 9.98 Å². The molecule has 1 atom stereocenters. The van der Waals surface area contributed by atoms with Crippen molar-refractivity contribution in [1.82, 2.24) is 5.32 Å². The summed E-state index contributed by atoms with van der Waals surface area (Å²) in [6.07, 6.45) is -0.378. The molecule has 1 N–H and O–H groups in total. The highest BCUT2D eigenvalue weighted by atomic mass is 32.1. The van der Waals surface area contributed by atoms with Crippen molar-refractivity contribution < 1.29 is 0 Å². The number of hydrogen-bond acceptors (Lipinski definition) is 4. The summed E-state index contributed by atoms with van der Waals surface area (Å²) < 4.78 is 2.58. The fourth-order valence-corrected chi connectivity index (χ4v) is 9.16. The molecule has 50 heavy (non-hydrogen) atoms. The minimum atomic E-state index is -0.378. The molecule has 3 nitrogen and oxygen atoms in total. The van der Waals surface area contributed by atoms with Gasteiger partial charge in [0.1, 0.15) is 11.7 Å². The van der Waals surface area contributed by atoms with Crippen LogP contribution in [0.25, 0.3) is 53.2 Å². The van der Waals surface area contributed by atoms with Gasteiger partial charge in [-0.3, -0.25) is 0 Å². The molecular weight excluding hydrogens is 627 g/mol. The molecule has 0 saturated heterocycles. The maximum absolute atomic E-state index is 5.33. The summed E-state index contributed by atoms with van der Waals surface area (Å²) in [5, 5.41) is 8.78. The Hall–Kier alpha value is -5.84. The molecule has 0 saturated carbocycles.